The summed E-state index contributed by atoms with van der Waals surface area (Å²) in [6.45, 7) is 8.86. The lowest BCUT2D eigenvalue weighted by atomic mass is 9.93. The maximum Gasteiger partial charge on any atom is 0.262 e. The van der Waals surface area contributed by atoms with Gasteiger partial charge in [0.25, 0.3) is 11.8 Å². The number of imide groups is 2. The van der Waals surface area contributed by atoms with Gasteiger partial charge in [-0.2, -0.15) is 4.98 Å². The summed E-state index contributed by atoms with van der Waals surface area (Å²) < 4.78 is 33.0. The Balaban J connectivity index is 0.687. The summed E-state index contributed by atoms with van der Waals surface area (Å²) in [6, 6.07) is 14.6. The van der Waals surface area contributed by atoms with Gasteiger partial charge < -0.3 is 35.8 Å². The predicted molar refractivity (Wildman–Crippen MR) is 261 cm³/mol. The van der Waals surface area contributed by atoms with E-state index in [0.717, 1.165) is 105 Å². The van der Waals surface area contributed by atoms with Crippen LogP contribution in [0, 0.1) is 12.8 Å². The average Bonchev–Trinajstić information content (AvgIpc) is 3.84. The molecule has 1 atom stereocenters. The SMILES string of the molecule is COc1cc(N2CCC(NCCNCCCC3CN(c4ccc5c(c4)C(=O)N(C4CCC(=O)NC4=O)C5=O)C3)CC2)c(C)cc1Nc1ncc(Br)c(Nc2cccc3c2N(S(C)(=O)=O)CC3)n1. The van der Waals surface area contributed by atoms with Crippen LogP contribution < -0.4 is 45.4 Å². The number of aromatic nitrogens is 2. The largest absolute Gasteiger partial charge is 0.494 e. The average molecular weight is 999 g/mol. The van der Waals surface area contributed by atoms with Crippen LogP contribution in [-0.2, 0) is 26.0 Å². The molecule has 67 heavy (non-hydrogen) atoms. The van der Waals surface area contributed by atoms with Gasteiger partial charge in [-0.15, -0.1) is 0 Å². The molecule has 18 nitrogen and oxygen atoms in total. The highest BCUT2D eigenvalue weighted by Gasteiger charge is 2.45. The van der Waals surface area contributed by atoms with Crippen molar-refractivity contribution in [3.05, 3.63) is 81.5 Å². The maximum atomic E-state index is 13.2. The van der Waals surface area contributed by atoms with Crippen LogP contribution in [0.3, 0.4) is 0 Å². The molecule has 5 aliphatic heterocycles. The number of rotatable bonds is 17. The Morgan fingerprint density at radius 1 is 0.881 bits per heavy atom. The first-order chi connectivity index (χ1) is 32.2. The van der Waals surface area contributed by atoms with Gasteiger partial charge in [-0.05, 0) is 115 Å². The van der Waals surface area contributed by atoms with Gasteiger partial charge in [-0.3, -0.25) is 33.7 Å². The molecule has 0 saturated carbocycles. The van der Waals surface area contributed by atoms with Crippen LogP contribution >= 0.6 is 15.9 Å². The van der Waals surface area contributed by atoms with Crippen LogP contribution in [-0.4, -0.2) is 125 Å². The van der Waals surface area contributed by atoms with E-state index in [9.17, 15) is 27.6 Å². The second kappa shape index (κ2) is 19.4. The molecule has 3 fully saturated rings. The second-order valence-electron chi connectivity index (χ2n) is 17.9. The zero-order valence-electron chi connectivity index (χ0n) is 37.9. The number of anilines is 7. The van der Waals surface area contributed by atoms with Crippen molar-refractivity contribution in [2.45, 2.75) is 64.0 Å². The fraction of sp³-hybridized carbons (Fsp3) is 0.447. The van der Waals surface area contributed by atoms with Crippen molar-refractivity contribution in [2.24, 2.45) is 5.92 Å². The first-order valence-electron chi connectivity index (χ1n) is 22.9. The molecule has 6 heterocycles. The van der Waals surface area contributed by atoms with Crippen molar-refractivity contribution in [2.75, 3.05) is 90.5 Å². The van der Waals surface area contributed by atoms with Crippen LogP contribution in [0.5, 0.6) is 5.75 Å². The normalized spacial score (nSPS) is 18.8. The zero-order valence-corrected chi connectivity index (χ0v) is 40.3. The van der Waals surface area contributed by atoms with E-state index in [1.165, 1.54) is 10.6 Å². The zero-order chi connectivity index (χ0) is 47.0. The van der Waals surface area contributed by atoms with E-state index >= 15 is 0 Å². The highest BCUT2D eigenvalue weighted by Crippen LogP contribution is 2.41. The summed E-state index contributed by atoms with van der Waals surface area (Å²) in [5.74, 6) is 0.114. The van der Waals surface area contributed by atoms with Crippen LogP contribution in [0.2, 0.25) is 0 Å². The van der Waals surface area contributed by atoms with Gasteiger partial charge in [0, 0.05) is 81.9 Å². The smallest absolute Gasteiger partial charge is 0.262 e. The summed E-state index contributed by atoms with van der Waals surface area (Å²) in [5.41, 5.74) is 6.71. The van der Waals surface area contributed by atoms with Crippen molar-refractivity contribution in [1.29, 1.82) is 0 Å². The lowest BCUT2D eigenvalue weighted by molar-refractivity contribution is -0.136. The Hall–Kier alpha value is -5.83. The Labute approximate surface area is 398 Å². The number of para-hydroxylation sites is 1. The molecule has 5 N–H and O–H groups in total. The molecular weight excluding hydrogens is 943 g/mol. The molecule has 0 spiro atoms. The van der Waals surface area contributed by atoms with Crippen molar-refractivity contribution >= 4 is 89.8 Å². The van der Waals surface area contributed by atoms with E-state index in [1.807, 2.05) is 24.3 Å². The fourth-order valence-electron chi connectivity index (χ4n) is 9.85. The van der Waals surface area contributed by atoms with Crippen molar-refractivity contribution in [3.8, 4) is 5.75 Å². The molecule has 0 radical (unpaired) electrons. The molecule has 1 unspecified atom stereocenters. The van der Waals surface area contributed by atoms with Gasteiger partial charge in [0.05, 0.1) is 46.0 Å². The van der Waals surface area contributed by atoms with Gasteiger partial charge in [0.15, 0.2) is 0 Å². The van der Waals surface area contributed by atoms with Crippen LogP contribution in [0.15, 0.2) is 59.2 Å². The van der Waals surface area contributed by atoms with Crippen LogP contribution in [0.4, 0.5) is 40.2 Å². The Morgan fingerprint density at radius 2 is 1.67 bits per heavy atom. The number of amides is 4. The van der Waals surface area contributed by atoms with E-state index < -0.39 is 39.7 Å². The molecule has 20 heteroatoms. The number of nitrogens with one attached hydrogen (secondary N) is 5. The lowest BCUT2D eigenvalue weighted by Gasteiger charge is -2.41. The Morgan fingerprint density at radius 3 is 2.43 bits per heavy atom. The number of hydrogen-bond acceptors (Lipinski definition) is 15. The fourth-order valence-corrected chi connectivity index (χ4v) is 11.1. The molecule has 354 valence electrons. The van der Waals surface area contributed by atoms with E-state index in [1.54, 1.807) is 25.4 Å². The molecule has 5 aliphatic rings. The summed E-state index contributed by atoms with van der Waals surface area (Å²) >= 11 is 3.56. The number of ether oxygens (including phenoxy) is 1. The first kappa shape index (κ1) is 46.3. The van der Waals surface area contributed by atoms with Crippen molar-refractivity contribution in [1.82, 2.24) is 30.8 Å². The predicted octanol–water partition coefficient (Wildman–Crippen LogP) is 4.83. The molecule has 9 rings (SSSR count). The summed E-state index contributed by atoms with van der Waals surface area (Å²) in [5, 5.41) is 16.2. The minimum atomic E-state index is -3.45. The minimum Gasteiger partial charge on any atom is -0.494 e. The number of benzene rings is 3. The number of fused-ring (bicyclic) bond motifs is 2. The van der Waals surface area contributed by atoms with Crippen LogP contribution in [0.25, 0.3) is 0 Å². The molecule has 3 saturated heterocycles. The summed E-state index contributed by atoms with van der Waals surface area (Å²) in [7, 11) is -1.79. The van der Waals surface area contributed by atoms with E-state index in [-0.39, 0.29) is 12.8 Å². The lowest BCUT2D eigenvalue weighted by Crippen LogP contribution is -2.54. The highest BCUT2D eigenvalue weighted by atomic mass is 79.9. The van der Waals surface area contributed by atoms with Gasteiger partial charge in [-0.25, -0.2) is 13.4 Å². The van der Waals surface area contributed by atoms with Crippen LogP contribution in [0.1, 0.15) is 70.4 Å². The number of hydrogen-bond donors (Lipinski definition) is 5. The van der Waals surface area contributed by atoms with E-state index in [0.29, 0.717) is 69.4 Å². The Kier molecular flexibility index (Phi) is 13.4. The number of piperidine rings is 2. The molecule has 1 aromatic heterocycles. The summed E-state index contributed by atoms with van der Waals surface area (Å²) in [4.78, 5) is 65.2. The standard InChI is InChI=1S/C47H56BrN11O7S/c1-28-22-37(53-47-51-25-35(48)43(55-47)52-36-8-4-7-30-13-21-58(42(30)36)67(3,64)65)40(66-2)24-39(28)56-19-14-31(15-20-56)50-18-17-49-16-5-6-29-26-57(27-29)32-9-10-33-34(23-32)46(63)59(45(33)62)38-11-12-41(60)54-44(38)61/h4,7-10,22-25,29,31,38,49-50H,5-6,11-21,26-27H2,1-3H3,(H,54,60,61)(H2,51,52,53,55). The van der Waals surface area contributed by atoms with Gasteiger partial charge in [0.2, 0.25) is 27.8 Å². The quantitative estimate of drug-likeness (QED) is 0.0709. The van der Waals surface area contributed by atoms with E-state index in [2.05, 4.69) is 76.4 Å². The number of methoxy groups -OCH3 is 1. The first-order valence-corrected chi connectivity index (χ1v) is 25.5. The number of nitrogens with zero attached hydrogens (tertiary/aromatic N) is 6. The van der Waals surface area contributed by atoms with Gasteiger partial charge >= 0.3 is 0 Å². The van der Waals surface area contributed by atoms with Crippen molar-refractivity contribution < 1.29 is 32.3 Å². The molecule has 0 aliphatic carbocycles. The third-order valence-electron chi connectivity index (χ3n) is 13.4. The third kappa shape index (κ3) is 9.80. The van der Waals surface area contributed by atoms with E-state index in [4.69, 9.17) is 9.72 Å². The summed E-state index contributed by atoms with van der Waals surface area (Å²) in [6.07, 6.45) is 7.99. The minimum absolute atomic E-state index is 0.0949. The van der Waals surface area contributed by atoms with Gasteiger partial charge in [0.1, 0.15) is 17.6 Å². The molecule has 3 aromatic carbocycles. The Bertz CT molecular complexity index is 2710. The number of carbonyl (C=O) groups excluding carboxylic acids is 4. The van der Waals surface area contributed by atoms with Crippen molar-refractivity contribution in [3.63, 3.8) is 0 Å². The number of sulfonamides is 1. The molecule has 4 aromatic rings. The number of carbonyl (C=O) groups is 4. The molecule has 4 amide bonds. The van der Waals surface area contributed by atoms with Gasteiger partial charge in [-0.1, -0.05) is 12.1 Å². The molecule has 0 bridgehead atoms. The monoisotopic (exact) mass is 997 g/mol. The third-order valence-corrected chi connectivity index (χ3v) is 15.1. The number of halogens is 1. The topological polar surface area (TPSA) is 211 Å². The second-order valence-corrected chi connectivity index (χ2v) is 20.7. The highest BCUT2D eigenvalue weighted by molar-refractivity contribution is 9.10. The molecular formula is C47H56BrN11O7S. The number of aryl methyl sites for hydroxylation is 1. The maximum absolute atomic E-state index is 13.2.